The number of nitrogens with two attached hydrogens (primary N) is 1. The number of benzene rings is 1. The molecule has 0 unspecified atom stereocenters. The first-order valence-corrected chi connectivity index (χ1v) is 9.31. The molecule has 28 heavy (non-hydrogen) atoms. The van der Waals surface area contributed by atoms with Gasteiger partial charge >= 0.3 is 0 Å². The van der Waals surface area contributed by atoms with E-state index in [1.54, 1.807) is 14.2 Å². The van der Waals surface area contributed by atoms with Gasteiger partial charge in [-0.1, -0.05) is 25.1 Å². The van der Waals surface area contributed by atoms with Gasteiger partial charge in [0.15, 0.2) is 23.2 Å². The Kier molecular flexibility index (Phi) is 10.7. The maximum Gasteiger partial charge on any atom is 0.189 e. The standard InChI is InChI=1S/C20H30N4O3.HI/c1-5-15(6-2)17-12-16(27-24-17)13-23-20(21)22-10-9-14-7-8-18(25-3)19(11-14)26-4;/h7-8,11-12,15H,5-6,9-10,13H2,1-4H3,(H3,21,22,23);1H. The van der Waals surface area contributed by atoms with Crippen LogP contribution in [0.4, 0.5) is 0 Å². The van der Waals surface area contributed by atoms with Crippen molar-refractivity contribution in [3.63, 3.8) is 0 Å². The van der Waals surface area contributed by atoms with E-state index in [1.165, 1.54) is 0 Å². The van der Waals surface area contributed by atoms with Crippen molar-refractivity contribution in [3.8, 4) is 11.5 Å². The van der Waals surface area contributed by atoms with Crippen LogP contribution >= 0.6 is 24.0 Å². The third-order valence-corrected chi connectivity index (χ3v) is 4.55. The van der Waals surface area contributed by atoms with Gasteiger partial charge in [-0.2, -0.15) is 0 Å². The van der Waals surface area contributed by atoms with Crippen LogP contribution in [0.25, 0.3) is 0 Å². The molecule has 0 bridgehead atoms. The highest BCUT2D eigenvalue weighted by Gasteiger charge is 2.12. The number of methoxy groups -OCH3 is 2. The molecule has 0 fully saturated rings. The van der Waals surface area contributed by atoms with Crippen LogP contribution in [0.3, 0.4) is 0 Å². The molecule has 1 aromatic carbocycles. The second-order valence-electron chi connectivity index (χ2n) is 6.30. The van der Waals surface area contributed by atoms with Gasteiger partial charge < -0.3 is 25.0 Å². The Morgan fingerprint density at radius 1 is 1.18 bits per heavy atom. The Morgan fingerprint density at radius 3 is 2.54 bits per heavy atom. The highest BCUT2D eigenvalue weighted by Crippen LogP contribution is 2.27. The van der Waals surface area contributed by atoms with E-state index < -0.39 is 0 Å². The molecular weight excluding hydrogens is 471 g/mol. The van der Waals surface area contributed by atoms with E-state index in [-0.39, 0.29) is 24.0 Å². The Hall–Kier alpha value is -1.97. The van der Waals surface area contributed by atoms with Crippen molar-refractivity contribution in [1.29, 1.82) is 0 Å². The quantitative estimate of drug-likeness (QED) is 0.291. The zero-order valence-corrected chi connectivity index (χ0v) is 19.4. The van der Waals surface area contributed by atoms with Crippen molar-refractivity contribution in [1.82, 2.24) is 10.5 Å². The Bertz CT molecular complexity index is 745. The summed E-state index contributed by atoms with van der Waals surface area (Å²) in [6.07, 6.45) is 2.88. The lowest BCUT2D eigenvalue weighted by atomic mass is 9.99. The Balaban J connectivity index is 0.00000392. The number of ether oxygens (including phenoxy) is 2. The zero-order chi connectivity index (χ0) is 19.6. The third-order valence-electron chi connectivity index (χ3n) is 4.55. The van der Waals surface area contributed by atoms with Gasteiger partial charge in [0, 0.05) is 18.5 Å². The van der Waals surface area contributed by atoms with Crippen LogP contribution in [0, 0.1) is 0 Å². The topological polar surface area (TPSA) is 94.9 Å². The number of nitrogens with one attached hydrogen (secondary N) is 1. The first-order chi connectivity index (χ1) is 13.1. The molecule has 3 N–H and O–H groups in total. The molecular formula is C20H31IN4O3. The molecule has 0 saturated heterocycles. The minimum atomic E-state index is 0. The second-order valence-corrected chi connectivity index (χ2v) is 6.30. The molecule has 0 atom stereocenters. The molecule has 1 heterocycles. The maximum absolute atomic E-state index is 5.94. The number of guanidine groups is 1. The predicted octanol–water partition coefficient (Wildman–Crippen LogP) is 3.86. The van der Waals surface area contributed by atoms with Crippen LogP contribution in [0.1, 0.15) is 49.6 Å². The average Bonchev–Trinajstić information content (AvgIpc) is 3.16. The van der Waals surface area contributed by atoms with Crippen LogP contribution in [-0.4, -0.2) is 31.9 Å². The number of nitrogens with zero attached hydrogens (tertiary/aromatic N) is 2. The summed E-state index contributed by atoms with van der Waals surface area (Å²) < 4.78 is 15.9. The van der Waals surface area contributed by atoms with Gasteiger partial charge in [-0.15, -0.1) is 24.0 Å². The summed E-state index contributed by atoms with van der Waals surface area (Å²) >= 11 is 0. The summed E-state index contributed by atoms with van der Waals surface area (Å²) in [5, 5.41) is 7.25. The summed E-state index contributed by atoms with van der Waals surface area (Å²) in [5.74, 6) is 2.98. The molecule has 0 amide bonds. The maximum atomic E-state index is 5.94. The molecule has 0 aliphatic rings. The first kappa shape index (κ1) is 24.1. The highest BCUT2D eigenvalue weighted by atomic mass is 127. The minimum Gasteiger partial charge on any atom is -0.493 e. The van der Waals surface area contributed by atoms with Crippen LogP contribution in [0.5, 0.6) is 11.5 Å². The number of hydrogen-bond acceptors (Lipinski definition) is 5. The van der Waals surface area contributed by atoms with Gasteiger partial charge in [0.05, 0.1) is 19.9 Å². The molecule has 1 aromatic heterocycles. The van der Waals surface area contributed by atoms with Crippen LogP contribution in [0.15, 0.2) is 33.8 Å². The zero-order valence-electron chi connectivity index (χ0n) is 17.0. The lowest BCUT2D eigenvalue weighted by Crippen LogP contribution is -2.33. The van der Waals surface area contributed by atoms with Crippen LogP contribution in [-0.2, 0) is 13.0 Å². The second kappa shape index (κ2) is 12.5. The van der Waals surface area contributed by atoms with Crippen molar-refractivity contribution in [3.05, 3.63) is 41.3 Å². The summed E-state index contributed by atoms with van der Waals surface area (Å²) in [4.78, 5) is 4.32. The van der Waals surface area contributed by atoms with Crippen molar-refractivity contribution >= 4 is 29.9 Å². The van der Waals surface area contributed by atoms with Crippen molar-refractivity contribution in [2.75, 3.05) is 20.8 Å². The lowest BCUT2D eigenvalue weighted by Gasteiger charge is -2.10. The monoisotopic (exact) mass is 502 g/mol. The number of aromatic nitrogens is 1. The summed E-state index contributed by atoms with van der Waals surface area (Å²) in [5.41, 5.74) is 8.05. The number of aliphatic imine (C=N–C) groups is 1. The third kappa shape index (κ3) is 6.88. The molecule has 0 aliphatic heterocycles. The van der Waals surface area contributed by atoms with E-state index in [2.05, 4.69) is 29.3 Å². The molecule has 2 rings (SSSR count). The largest absolute Gasteiger partial charge is 0.493 e. The summed E-state index contributed by atoms with van der Waals surface area (Å²) in [6.45, 7) is 5.35. The van der Waals surface area contributed by atoms with Crippen LogP contribution < -0.4 is 20.5 Å². The number of halogens is 1. The van der Waals surface area contributed by atoms with Crippen LogP contribution in [0.2, 0.25) is 0 Å². The van der Waals surface area contributed by atoms with Gasteiger partial charge in [0.2, 0.25) is 0 Å². The fourth-order valence-electron chi connectivity index (χ4n) is 2.89. The average molecular weight is 502 g/mol. The van der Waals surface area contributed by atoms with Gasteiger partial charge in [-0.3, -0.25) is 0 Å². The minimum absolute atomic E-state index is 0. The smallest absolute Gasteiger partial charge is 0.189 e. The van der Waals surface area contributed by atoms with E-state index in [1.807, 2.05) is 24.3 Å². The van der Waals surface area contributed by atoms with Crippen molar-refractivity contribution in [2.24, 2.45) is 10.7 Å². The molecule has 0 spiro atoms. The molecule has 0 saturated carbocycles. The van der Waals surface area contributed by atoms with Gasteiger partial charge in [-0.05, 0) is 37.0 Å². The van der Waals surface area contributed by atoms with Gasteiger partial charge in [-0.25, -0.2) is 4.99 Å². The highest BCUT2D eigenvalue weighted by molar-refractivity contribution is 14.0. The van der Waals surface area contributed by atoms with E-state index in [0.29, 0.717) is 25.0 Å². The first-order valence-electron chi connectivity index (χ1n) is 9.31. The molecule has 7 nitrogen and oxygen atoms in total. The van der Waals surface area contributed by atoms with Crippen molar-refractivity contribution in [2.45, 2.75) is 45.6 Å². The number of rotatable bonds is 10. The fraction of sp³-hybridized carbons (Fsp3) is 0.500. The van der Waals surface area contributed by atoms with E-state index in [9.17, 15) is 0 Å². The predicted molar refractivity (Wildman–Crippen MR) is 122 cm³/mol. The molecule has 0 aliphatic carbocycles. The molecule has 8 heteroatoms. The van der Waals surface area contributed by atoms with E-state index in [0.717, 1.165) is 47.8 Å². The summed E-state index contributed by atoms with van der Waals surface area (Å²) in [6, 6.07) is 7.83. The normalized spacial score (nSPS) is 11.2. The SMILES string of the molecule is CCC(CC)c1cc(CN=C(N)NCCc2ccc(OC)c(OC)c2)on1.I. The summed E-state index contributed by atoms with van der Waals surface area (Å²) in [7, 11) is 3.25. The Morgan fingerprint density at radius 2 is 1.89 bits per heavy atom. The van der Waals surface area contributed by atoms with Crippen molar-refractivity contribution < 1.29 is 14.0 Å². The van der Waals surface area contributed by atoms with E-state index >= 15 is 0 Å². The molecule has 0 radical (unpaired) electrons. The van der Waals surface area contributed by atoms with Gasteiger partial charge in [0.25, 0.3) is 0 Å². The fourth-order valence-corrected chi connectivity index (χ4v) is 2.89. The number of hydrogen-bond donors (Lipinski definition) is 2. The Labute approximate surface area is 184 Å². The molecule has 156 valence electrons. The lowest BCUT2D eigenvalue weighted by molar-refractivity contribution is 0.354. The van der Waals surface area contributed by atoms with Gasteiger partial charge in [0.1, 0.15) is 6.54 Å². The van der Waals surface area contributed by atoms with E-state index in [4.69, 9.17) is 19.7 Å². The molecule has 2 aromatic rings.